The zero-order chi connectivity index (χ0) is 37.3. The minimum atomic E-state index is -4.63. The van der Waals surface area contributed by atoms with Gasteiger partial charge in [0, 0.05) is 37.3 Å². The molecule has 2 aliphatic heterocycles. The van der Waals surface area contributed by atoms with E-state index in [2.05, 4.69) is 44.8 Å². The van der Waals surface area contributed by atoms with E-state index in [1.165, 1.54) is 17.7 Å². The lowest BCUT2D eigenvalue weighted by Crippen LogP contribution is -2.39. The second kappa shape index (κ2) is 15.3. The van der Waals surface area contributed by atoms with Crippen molar-refractivity contribution in [1.29, 1.82) is 0 Å². The third-order valence-corrected chi connectivity index (χ3v) is 10.9. The van der Waals surface area contributed by atoms with Crippen molar-refractivity contribution < 1.29 is 32.3 Å². The Bertz CT molecular complexity index is 1960. The highest BCUT2D eigenvalue weighted by Crippen LogP contribution is 2.38. The smallest absolute Gasteiger partial charge is 0.433 e. The van der Waals surface area contributed by atoms with Gasteiger partial charge >= 0.3 is 6.18 Å². The van der Waals surface area contributed by atoms with E-state index in [0.717, 1.165) is 75.5 Å². The third-order valence-electron chi connectivity index (χ3n) is 10.9. The number of alkyl halides is 3. The molecule has 280 valence electrons. The number of ether oxygens (including phenoxy) is 1. The van der Waals surface area contributed by atoms with Gasteiger partial charge in [0.05, 0.1) is 23.3 Å². The van der Waals surface area contributed by atoms with E-state index < -0.39 is 17.8 Å². The summed E-state index contributed by atoms with van der Waals surface area (Å²) in [5, 5.41) is 4.95. The first kappa shape index (κ1) is 36.6. The average molecular weight is 731 g/mol. The Kier molecular flexibility index (Phi) is 10.6. The molecular weight excluding hydrogens is 685 g/mol. The highest BCUT2D eigenvalue weighted by Gasteiger charge is 2.33. The van der Waals surface area contributed by atoms with E-state index in [9.17, 15) is 27.6 Å². The molecule has 0 radical (unpaired) electrons. The van der Waals surface area contributed by atoms with Gasteiger partial charge < -0.3 is 19.4 Å². The first-order valence-electron chi connectivity index (χ1n) is 18.6. The minimum Gasteiger partial charge on any atom is -0.490 e. The van der Waals surface area contributed by atoms with Gasteiger partial charge in [-0.05, 0) is 107 Å². The van der Waals surface area contributed by atoms with Gasteiger partial charge in [-0.2, -0.15) is 13.2 Å². The Hall–Kier alpha value is -4.78. The van der Waals surface area contributed by atoms with Crippen molar-refractivity contribution in [3.63, 3.8) is 0 Å². The Morgan fingerprint density at radius 3 is 2.32 bits per heavy atom. The SMILES string of the molecule is CC(C)Oc1cc2nc([C@H]3CC[C@H](CN4CCC(c5ccc(C6CCC(=O)NC6=O)cc5)CC4)CC3)cn2cc1C(=O)Nc1cccc(C(F)(F)F)n1. The Morgan fingerprint density at radius 2 is 1.64 bits per heavy atom. The molecule has 1 atom stereocenters. The molecule has 5 heterocycles. The number of nitrogens with one attached hydrogen (secondary N) is 2. The van der Waals surface area contributed by atoms with Gasteiger partial charge in [0.1, 0.15) is 22.9 Å². The fourth-order valence-corrected chi connectivity index (χ4v) is 8.07. The molecule has 1 saturated carbocycles. The molecule has 3 aromatic heterocycles. The van der Waals surface area contributed by atoms with Crippen LogP contribution in [-0.2, 0) is 15.8 Å². The van der Waals surface area contributed by atoms with Crippen molar-refractivity contribution in [2.45, 2.75) is 95.2 Å². The molecule has 3 amide bonds. The van der Waals surface area contributed by atoms with Crippen molar-refractivity contribution >= 4 is 29.2 Å². The number of hydrogen-bond donors (Lipinski definition) is 2. The van der Waals surface area contributed by atoms with Crippen LogP contribution in [-0.4, -0.2) is 62.7 Å². The number of carbonyl (C=O) groups excluding carboxylic acids is 3. The molecule has 4 aromatic rings. The highest BCUT2D eigenvalue weighted by molar-refractivity contribution is 6.06. The summed E-state index contributed by atoms with van der Waals surface area (Å²) >= 11 is 0. The molecule has 1 aromatic carbocycles. The van der Waals surface area contributed by atoms with Gasteiger partial charge in [-0.1, -0.05) is 30.3 Å². The van der Waals surface area contributed by atoms with Crippen LogP contribution in [0.25, 0.3) is 5.65 Å². The van der Waals surface area contributed by atoms with Crippen molar-refractivity contribution in [2.75, 3.05) is 25.0 Å². The quantitative estimate of drug-likeness (QED) is 0.172. The maximum atomic E-state index is 13.3. The van der Waals surface area contributed by atoms with Crippen LogP contribution in [0.1, 0.15) is 116 Å². The van der Waals surface area contributed by atoms with Crippen LogP contribution >= 0.6 is 0 Å². The zero-order valence-corrected chi connectivity index (χ0v) is 30.0. The monoisotopic (exact) mass is 730 g/mol. The molecule has 53 heavy (non-hydrogen) atoms. The normalized spacial score (nSPS) is 21.9. The number of halogens is 3. The molecule has 1 aliphatic carbocycles. The molecule has 10 nitrogen and oxygen atoms in total. The number of likely N-dealkylation sites (tertiary alicyclic amines) is 1. The number of aromatic nitrogens is 3. The summed E-state index contributed by atoms with van der Waals surface area (Å²) in [5.74, 6) is 0.242. The largest absolute Gasteiger partial charge is 0.490 e. The van der Waals surface area contributed by atoms with E-state index >= 15 is 0 Å². The number of benzene rings is 1. The van der Waals surface area contributed by atoms with Crippen LogP contribution in [0.15, 0.2) is 60.9 Å². The number of carbonyl (C=O) groups is 3. The summed E-state index contributed by atoms with van der Waals surface area (Å²) in [5.41, 5.74) is 2.97. The molecule has 0 spiro atoms. The van der Waals surface area contributed by atoms with Gasteiger partial charge in [-0.15, -0.1) is 0 Å². The number of rotatable bonds is 9. The van der Waals surface area contributed by atoms with Crippen LogP contribution in [0.3, 0.4) is 0 Å². The van der Waals surface area contributed by atoms with Crippen molar-refractivity contribution in [1.82, 2.24) is 24.6 Å². The number of fused-ring (bicyclic) bond motifs is 1. The van der Waals surface area contributed by atoms with Crippen LogP contribution in [0.4, 0.5) is 19.0 Å². The van der Waals surface area contributed by atoms with Gasteiger partial charge in [0.25, 0.3) is 5.91 Å². The van der Waals surface area contributed by atoms with Gasteiger partial charge in [0.2, 0.25) is 11.8 Å². The van der Waals surface area contributed by atoms with Crippen LogP contribution in [0.5, 0.6) is 5.75 Å². The molecule has 3 aliphatic rings. The summed E-state index contributed by atoms with van der Waals surface area (Å²) < 4.78 is 47.4. The molecule has 1 unspecified atom stereocenters. The second-order valence-corrected chi connectivity index (χ2v) is 15.0. The number of piperidine rings is 2. The lowest BCUT2D eigenvalue weighted by Gasteiger charge is -2.36. The number of nitrogens with zero attached hydrogens (tertiary/aromatic N) is 4. The predicted octanol–water partition coefficient (Wildman–Crippen LogP) is 7.46. The van der Waals surface area contributed by atoms with Crippen molar-refractivity contribution in [3.05, 3.63) is 89.0 Å². The average Bonchev–Trinajstić information content (AvgIpc) is 3.55. The summed E-state index contributed by atoms with van der Waals surface area (Å²) in [4.78, 5) is 48.2. The minimum absolute atomic E-state index is 0.172. The second-order valence-electron chi connectivity index (χ2n) is 15.0. The molecule has 0 bridgehead atoms. The highest BCUT2D eigenvalue weighted by atomic mass is 19.4. The predicted molar refractivity (Wildman–Crippen MR) is 193 cm³/mol. The van der Waals surface area contributed by atoms with E-state index in [0.29, 0.717) is 42.0 Å². The molecule has 7 rings (SSSR count). The van der Waals surface area contributed by atoms with Crippen LogP contribution in [0, 0.1) is 5.92 Å². The van der Waals surface area contributed by atoms with Gasteiger partial charge in [0.15, 0.2) is 0 Å². The van der Waals surface area contributed by atoms with Gasteiger partial charge in [-0.3, -0.25) is 19.7 Å². The molecule has 2 N–H and O–H groups in total. The fourth-order valence-electron chi connectivity index (χ4n) is 8.07. The Morgan fingerprint density at radius 1 is 0.925 bits per heavy atom. The summed E-state index contributed by atoms with van der Waals surface area (Å²) in [7, 11) is 0. The number of pyridine rings is 2. The molecule has 2 saturated heterocycles. The van der Waals surface area contributed by atoms with Crippen LogP contribution in [0.2, 0.25) is 0 Å². The Balaban J connectivity index is 0.931. The van der Waals surface area contributed by atoms with E-state index in [1.54, 1.807) is 16.7 Å². The number of amides is 3. The number of imidazole rings is 1. The van der Waals surface area contributed by atoms with E-state index in [4.69, 9.17) is 9.72 Å². The number of anilines is 1. The topological polar surface area (TPSA) is 118 Å². The Labute approximate surface area is 306 Å². The summed E-state index contributed by atoms with van der Waals surface area (Å²) in [6.45, 7) is 6.89. The molecule has 13 heteroatoms. The molecular formula is C40H45F3N6O4. The molecule has 3 fully saturated rings. The summed E-state index contributed by atoms with van der Waals surface area (Å²) in [6, 6.07) is 13.5. The lowest BCUT2D eigenvalue weighted by molar-refractivity contribution is -0.141. The van der Waals surface area contributed by atoms with Gasteiger partial charge in [-0.25, -0.2) is 9.97 Å². The third kappa shape index (κ3) is 8.56. The number of imide groups is 1. The standard InChI is InChI=1S/C40H45F3N6O4/c1-24(2)53-33-20-36-44-32(23-49(36)22-31(33)39(52)46-35-5-3-4-34(45-35)40(41,42)43)29-8-6-25(7-9-29)21-48-18-16-27(17-19-48)26-10-12-28(13-11-26)30-14-15-37(50)47-38(30)51/h3-5,10-13,20,22-25,27,29-30H,6-9,14-19,21H2,1-2H3,(H,45,46,52)(H,47,50,51)/t25-,29-,30?. The fraction of sp³-hybridized carbons (Fsp3) is 0.475. The van der Waals surface area contributed by atoms with Crippen LogP contribution < -0.4 is 15.4 Å². The van der Waals surface area contributed by atoms with Crippen molar-refractivity contribution in [3.8, 4) is 5.75 Å². The lowest BCUT2D eigenvalue weighted by atomic mass is 9.80. The van der Waals surface area contributed by atoms with E-state index in [1.807, 2.05) is 20.0 Å². The zero-order valence-electron chi connectivity index (χ0n) is 30.0. The summed E-state index contributed by atoms with van der Waals surface area (Å²) in [6.07, 6.45) is 6.11. The first-order valence-corrected chi connectivity index (χ1v) is 18.6. The van der Waals surface area contributed by atoms with E-state index in [-0.39, 0.29) is 35.2 Å². The number of hydrogen-bond acceptors (Lipinski definition) is 7. The first-order chi connectivity index (χ1) is 25.4. The van der Waals surface area contributed by atoms with Crippen molar-refractivity contribution in [2.24, 2.45) is 5.92 Å². The maximum Gasteiger partial charge on any atom is 0.433 e. The maximum absolute atomic E-state index is 13.3.